The Morgan fingerprint density at radius 2 is 2.21 bits per heavy atom. The number of nitrogens with two attached hydrogens (primary N) is 1. The lowest BCUT2D eigenvalue weighted by Gasteiger charge is -2.35. The maximum atomic E-state index is 10.7. The quantitative estimate of drug-likeness (QED) is 0.625. The van der Waals surface area contributed by atoms with E-state index in [1.165, 1.54) is 12.1 Å². The summed E-state index contributed by atoms with van der Waals surface area (Å²) in [6, 6.07) is 6.16. The second kappa shape index (κ2) is 5.67. The normalized spacial score (nSPS) is 13.7. The Balaban J connectivity index is 3.15. The molecule has 0 aliphatic carbocycles. The van der Waals surface area contributed by atoms with E-state index in [1.54, 1.807) is 6.07 Å². The Bertz CT molecular complexity index is 522. The Kier molecular flexibility index (Phi) is 4.46. The first-order chi connectivity index (χ1) is 8.84. The topological polar surface area (TPSA) is 105 Å². The average Bonchev–Trinajstić information content (AvgIpc) is 2.38. The van der Waals surface area contributed by atoms with E-state index in [1.807, 2.05) is 26.8 Å². The molecule has 102 valence electrons. The number of hydrogen-bond donors (Lipinski definition) is 2. The van der Waals surface area contributed by atoms with Gasteiger partial charge in [0, 0.05) is 24.2 Å². The van der Waals surface area contributed by atoms with Gasteiger partial charge in [0.1, 0.15) is 6.07 Å². The summed E-state index contributed by atoms with van der Waals surface area (Å²) in [6.45, 7) is 6.40. The molecule has 1 atom stereocenters. The second-order valence-electron chi connectivity index (χ2n) is 5.00. The summed E-state index contributed by atoms with van der Waals surface area (Å²) in [5.41, 5.74) is 6.11. The summed E-state index contributed by atoms with van der Waals surface area (Å²) in [4.78, 5) is 10.2. The van der Waals surface area contributed by atoms with Crippen molar-refractivity contribution in [3.05, 3.63) is 33.9 Å². The van der Waals surface area contributed by atoms with Crippen molar-refractivity contribution in [2.75, 3.05) is 11.9 Å². The van der Waals surface area contributed by atoms with Gasteiger partial charge in [-0.1, -0.05) is 13.8 Å². The molecule has 0 aromatic heterocycles. The molecule has 1 aromatic rings. The molecule has 0 saturated heterocycles. The summed E-state index contributed by atoms with van der Waals surface area (Å²) in [6.07, 6.45) is 0. The van der Waals surface area contributed by atoms with Crippen LogP contribution in [-0.4, -0.2) is 17.0 Å². The number of non-ortho nitro benzene ring substituents is 1. The Morgan fingerprint density at radius 3 is 2.63 bits per heavy atom. The van der Waals surface area contributed by atoms with Crippen LogP contribution in [0.25, 0.3) is 0 Å². The first-order valence-corrected chi connectivity index (χ1v) is 6.01. The highest BCUT2D eigenvalue weighted by Gasteiger charge is 2.27. The van der Waals surface area contributed by atoms with Crippen LogP contribution in [0, 0.1) is 27.4 Å². The number of nitrogens with one attached hydrogen (secondary N) is 1. The van der Waals surface area contributed by atoms with Crippen LogP contribution in [0.2, 0.25) is 0 Å². The van der Waals surface area contributed by atoms with Gasteiger partial charge in [-0.25, -0.2) is 0 Å². The van der Waals surface area contributed by atoms with Gasteiger partial charge >= 0.3 is 0 Å². The van der Waals surface area contributed by atoms with Gasteiger partial charge < -0.3 is 11.1 Å². The van der Waals surface area contributed by atoms with Crippen LogP contribution < -0.4 is 11.1 Å². The molecule has 3 N–H and O–H groups in total. The van der Waals surface area contributed by atoms with E-state index in [0.717, 1.165) is 0 Å². The molecule has 0 saturated carbocycles. The van der Waals surface area contributed by atoms with Crippen molar-refractivity contribution in [3.63, 3.8) is 0 Å². The maximum absolute atomic E-state index is 10.7. The lowest BCUT2D eigenvalue weighted by atomic mass is 9.88. The van der Waals surface area contributed by atoms with Crippen molar-refractivity contribution in [1.82, 2.24) is 0 Å². The molecule has 1 rings (SSSR count). The lowest BCUT2D eigenvalue weighted by Crippen LogP contribution is -2.47. The minimum Gasteiger partial charge on any atom is -0.377 e. The zero-order valence-corrected chi connectivity index (χ0v) is 11.3. The van der Waals surface area contributed by atoms with Crippen LogP contribution >= 0.6 is 0 Å². The van der Waals surface area contributed by atoms with Crippen molar-refractivity contribution in [2.24, 2.45) is 11.7 Å². The molecule has 0 fully saturated rings. The number of rotatable bonds is 5. The maximum Gasteiger partial charge on any atom is 0.270 e. The third kappa shape index (κ3) is 3.20. The van der Waals surface area contributed by atoms with Crippen LogP contribution in [-0.2, 0) is 0 Å². The van der Waals surface area contributed by atoms with E-state index in [0.29, 0.717) is 12.2 Å². The number of nitriles is 1. The smallest absolute Gasteiger partial charge is 0.270 e. The molecule has 6 nitrogen and oxygen atoms in total. The van der Waals surface area contributed by atoms with E-state index in [9.17, 15) is 10.1 Å². The van der Waals surface area contributed by atoms with Crippen molar-refractivity contribution >= 4 is 11.4 Å². The zero-order chi connectivity index (χ0) is 14.6. The standard InChI is InChI=1S/C13H18N4O2/c1-9(2)13(3,8-15)16-12-5-4-11(17(18)19)6-10(12)7-14/h4-6,9,16H,8,15H2,1-3H3. The van der Waals surface area contributed by atoms with Crippen molar-refractivity contribution in [1.29, 1.82) is 5.26 Å². The molecule has 0 amide bonds. The molecule has 1 unspecified atom stereocenters. The van der Waals surface area contributed by atoms with Gasteiger partial charge in [-0.15, -0.1) is 0 Å². The Morgan fingerprint density at radius 1 is 1.58 bits per heavy atom. The fraction of sp³-hybridized carbons (Fsp3) is 0.462. The number of nitro groups is 1. The van der Waals surface area contributed by atoms with Gasteiger partial charge in [0.05, 0.1) is 16.2 Å². The van der Waals surface area contributed by atoms with Crippen LogP contribution in [0.4, 0.5) is 11.4 Å². The minimum atomic E-state index is -0.519. The molecule has 6 heteroatoms. The third-order valence-electron chi connectivity index (χ3n) is 3.45. The molecule has 0 heterocycles. The fourth-order valence-corrected chi connectivity index (χ4v) is 1.59. The summed E-state index contributed by atoms with van der Waals surface area (Å²) >= 11 is 0. The Hall–Kier alpha value is -2.13. The number of anilines is 1. The van der Waals surface area contributed by atoms with Gasteiger partial charge in [-0.3, -0.25) is 10.1 Å². The van der Waals surface area contributed by atoms with Gasteiger partial charge in [-0.05, 0) is 18.9 Å². The van der Waals surface area contributed by atoms with Gasteiger partial charge in [0.2, 0.25) is 0 Å². The van der Waals surface area contributed by atoms with Crippen LogP contribution in [0.1, 0.15) is 26.3 Å². The summed E-state index contributed by atoms with van der Waals surface area (Å²) in [5, 5.41) is 23.0. The monoisotopic (exact) mass is 262 g/mol. The van der Waals surface area contributed by atoms with Crippen LogP contribution in [0.3, 0.4) is 0 Å². The molecule has 1 aromatic carbocycles. The highest BCUT2D eigenvalue weighted by atomic mass is 16.6. The first-order valence-electron chi connectivity index (χ1n) is 6.01. The van der Waals surface area contributed by atoms with Crippen LogP contribution in [0.5, 0.6) is 0 Å². The number of nitrogens with zero attached hydrogens (tertiary/aromatic N) is 2. The molecule has 0 aliphatic rings. The highest BCUT2D eigenvalue weighted by Crippen LogP contribution is 2.27. The number of hydrogen-bond acceptors (Lipinski definition) is 5. The minimum absolute atomic E-state index is 0.0962. The largest absolute Gasteiger partial charge is 0.377 e. The Labute approximate surface area is 112 Å². The van der Waals surface area contributed by atoms with E-state index in [2.05, 4.69) is 5.32 Å². The van der Waals surface area contributed by atoms with E-state index >= 15 is 0 Å². The predicted octanol–water partition coefficient (Wildman–Crippen LogP) is 2.25. The third-order valence-corrected chi connectivity index (χ3v) is 3.45. The molecule has 0 aliphatic heterocycles. The predicted molar refractivity (Wildman–Crippen MR) is 73.7 cm³/mol. The SMILES string of the molecule is CC(C)C(C)(CN)Nc1ccc([N+](=O)[O-])cc1C#N. The van der Waals surface area contributed by atoms with E-state index in [-0.39, 0.29) is 22.7 Å². The van der Waals surface area contributed by atoms with Gasteiger partial charge in [-0.2, -0.15) is 5.26 Å². The highest BCUT2D eigenvalue weighted by molar-refractivity contribution is 5.62. The van der Waals surface area contributed by atoms with E-state index < -0.39 is 4.92 Å². The van der Waals surface area contributed by atoms with Gasteiger partial charge in [0.25, 0.3) is 5.69 Å². The number of nitro benzene ring substituents is 1. The average molecular weight is 262 g/mol. The summed E-state index contributed by atoms with van der Waals surface area (Å²) < 4.78 is 0. The molecule has 19 heavy (non-hydrogen) atoms. The van der Waals surface area contributed by atoms with Crippen molar-refractivity contribution < 1.29 is 4.92 Å². The molecule has 0 bridgehead atoms. The summed E-state index contributed by atoms with van der Waals surface area (Å²) in [5.74, 6) is 0.249. The fourth-order valence-electron chi connectivity index (χ4n) is 1.59. The zero-order valence-electron chi connectivity index (χ0n) is 11.3. The molecular formula is C13H18N4O2. The van der Waals surface area contributed by atoms with Crippen molar-refractivity contribution in [2.45, 2.75) is 26.3 Å². The first kappa shape index (κ1) is 14.9. The van der Waals surface area contributed by atoms with Gasteiger partial charge in [0.15, 0.2) is 0 Å². The molecule has 0 radical (unpaired) electrons. The molecule has 0 spiro atoms. The lowest BCUT2D eigenvalue weighted by molar-refractivity contribution is -0.384. The number of benzene rings is 1. The summed E-state index contributed by atoms with van der Waals surface area (Å²) in [7, 11) is 0. The van der Waals surface area contributed by atoms with E-state index in [4.69, 9.17) is 11.0 Å². The molecular weight excluding hydrogens is 244 g/mol. The van der Waals surface area contributed by atoms with Crippen LogP contribution in [0.15, 0.2) is 18.2 Å². The second-order valence-corrected chi connectivity index (χ2v) is 5.00. The van der Waals surface area contributed by atoms with Crippen molar-refractivity contribution in [3.8, 4) is 6.07 Å².